The maximum absolute atomic E-state index is 5.75. The van der Waals surface area contributed by atoms with Gasteiger partial charge in [0.25, 0.3) is 0 Å². The highest BCUT2D eigenvalue weighted by atomic mass is 16.5. The number of fused-ring (bicyclic) bond motifs is 1. The molecule has 0 radical (unpaired) electrons. The summed E-state index contributed by atoms with van der Waals surface area (Å²) in [5.41, 5.74) is 1.85. The van der Waals surface area contributed by atoms with Crippen molar-refractivity contribution in [2.24, 2.45) is 5.41 Å². The van der Waals surface area contributed by atoms with E-state index in [9.17, 15) is 0 Å². The van der Waals surface area contributed by atoms with E-state index in [-0.39, 0.29) is 0 Å². The molecule has 21 heavy (non-hydrogen) atoms. The third-order valence-corrected chi connectivity index (χ3v) is 5.22. The van der Waals surface area contributed by atoms with E-state index in [4.69, 9.17) is 4.74 Å². The van der Waals surface area contributed by atoms with Crippen LogP contribution in [0.15, 0.2) is 24.3 Å². The standard InChI is InChI=1S/C18H28N2O/c1-18(8-10-20(2)11-9-18)14-19-13-15-7-12-21-17-6-4-3-5-16(15)17/h3-6,15,19H,7-14H2,1-2H3. The summed E-state index contributed by atoms with van der Waals surface area (Å²) in [6.07, 6.45) is 3.74. The van der Waals surface area contributed by atoms with Crippen molar-refractivity contribution in [2.45, 2.75) is 32.1 Å². The molecular weight excluding hydrogens is 260 g/mol. The molecule has 0 spiro atoms. The lowest BCUT2D eigenvalue weighted by molar-refractivity contribution is 0.136. The van der Waals surface area contributed by atoms with E-state index >= 15 is 0 Å². The number of piperidine rings is 1. The van der Waals surface area contributed by atoms with Gasteiger partial charge in [-0.05, 0) is 56.4 Å². The Bertz CT molecular complexity index is 466. The van der Waals surface area contributed by atoms with Crippen LogP contribution in [0.25, 0.3) is 0 Å². The van der Waals surface area contributed by atoms with E-state index in [1.807, 2.05) is 0 Å². The fraction of sp³-hybridized carbons (Fsp3) is 0.667. The Balaban J connectivity index is 1.52. The predicted molar refractivity (Wildman–Crippen MR) is 87.0 cm³/mol. The summed E-state index contributed by atoms with van der Waals surface area (Å²) in [6.45, 7) is 7.97. The van der Waals surface area contributed by atoms with Gasteiger partial charge in [0, 0.05) is 19.0 Å². The summed E-state index contributed by atoms with van der Waals surface area (Å²) in [5.74, 6) is 1.69. The monoisotopic (exact) mass is 288 g/mol. The van der Waals surface area contributed by atoms with Crippen molar-refractivity contribution in [3.05, 3.63) is 29.8 Å². The smallest absolute Gasteiger partial charge is 0.122 e. The van der Waals surface area contributed by atoms with Crippen molar-refractivity contribution in [1.29, 1.82) is 0 Å². The molecule has 0 bridgehead atoms. The quantitative estimate of drug-likeness (QED) is 0.922. The second-order valence-corrected chi connectivity index (χ2v) is 7.12. The summed E-state index contributed by atoms with van der Waals surface area (Å²) in [7, 11) is 2.23. The lowest BCUT2D eigenvalue weighted by Crippen LogP contribution is -2.43. The molecule has 3 rings (SSSR count). The van der Waals surface area contributed by atoms with E-state index in [1.54, 1.807) is 0 Å². The molecule has 2 heterocycles. The second kappa shape index (κ2) is 6.37. The van der Waals surface area contributed by atoms with Crippen molar-refractivity contribution in [2.75, 3.05) is 39.8 Å². The van der Waals surface area contributed by atoms with Gasteiger partial charge >= 0.3 is 0 Å². The van der Waals surface area contributed by atoms with Gasteiger partial charge in [0.1, 0.15) is 5.75 Å². The summed E-state index contributed by atoms with van der Waals surface area (Å²) >= 11 is 0. The van der Waals surface area contributed by atoms with Gasteiger partial charge in [0.05, 0.1) is 6.61 Å². The number of rotatable bonds is 4. The highest BCUT2D eigenvalue weighted by molar-refractivity contribution is 5.37. The largest absolute Gasteiger partial charge is 0.493 e. The van der Waals surface area contributed by atoms with Gasteiger partial charge in [0.15, 0.2) is 0 Å². The van der Waals surface area contributed by atoms with Gasteiger partial charge in [-0.25, -0.2) is 0 Å². The lowest BCUT2D eigenvalue weighted by Gasteiger charge is -2.38. The molecule has 2 aliphatic rings. The maximum atomic E-state index is 5.75. The molecule has 1 N–H and O–H groups in total. The van der Waals surface area contributed by atoms with Crippen LogP contribution in [0.4, 0.5) is 0 Å². The zero-order valence-corrected chi connectivity index (χ0v) is 13.4. The average Bonchev–Trinajstić information content (AvgIpc) is 2.51. The van der Waals surface area contributed by atoms with Crippen LogP contribution in [0.3, 0.4) is 0 Å². The molecule has 0 saturated carbocycles. The van der Waals surface area contributed by atoms with Gasteiger partial charge in [-0.2, -0.15) is 0 Å². The van der Waals surface area contributed by atoms with Crippen LogP contribution >= 0.6 is 0 Å². The Labute approximate surface area is 128 Å². The topological polar surface area (TPSA) is 24.5 Å². The molecule has 2 aliphatic heterocycles. The Morgan fingerprint density at radius 2 is 2.05 bits per heavy atom. The van der Waals surface area contributed by atoms with Gasteiger partial charge in [-0.3, -0.25) is 0 Å². The Hall–Kier alpha value is -1.06. The SMILES string of the molecule is CN1CCC(C)(CNCC2CCOc3ccccc32)CC1. The lowest BCUT2D eigenvalue weighted by atomic mass is 9.80. The van der Waals surface area contributed by atoms with E-state index in [1.165, 1.54) is 31.5 Å². The number of hydrogen-bond acceptors (Lipinski definition) is 3. The predicted octanol–water partition coefficient (Wildman–Crippen LogP) is 2.87. The van der Waals surface area contributed by atoms with Crippen LogP contribution in [-0.2, 0) is 0 Å². The molecule has 0 amide bonds. The number of ether oxygens (including phenoxy) is 1. The summed E-state index contributed by atoms with van der Waals surface area (Å²) < 4.78 is 5.75. The molecule has 1 fully saturated rings. The molecule has 1 aromatic rings. The van der Waals surface area contributed by atoms with Crippen molar-refractivity contribution >= 4 is 0 Å². The third-order valence-electron chi connectivity index (χ3n) is 5.22. The third kappa shape index (κ3) is 3.58. The van der Waals surface area contributed by atoms with Crippen LogP contribution in [-0.4, -0.2) is 44.7 Å². The molecular formula is C18H28N2O. The van der Waals surface area contributed by atoms with Gasteiger partial charge in [0.2, 0.25) is 0 Å². The molecule has 1 aromatic carbocycles. The van der Waals surface area contributed by atoms with E-state index < -0.39 is 0 Å². The fourth-order valence-corrected chi connectivity index (χ4v) is 3.51. The second-order valence-electron chi connectivity index (χ2n) is 7.12. The molecule has 1 unspecified atom stereocenters. The molecule has 0 aromatic heterocycles. The molecule has 1 saturated heterocycles. The van der Waals surface area contributed by atoms with Crippen LogP contribution < -0.4 is 10.1 Å². The highest BCUT2D eigenvalue weighted by Crippen LogP contribution is 2.33. The average molecular weight is 288 g/mol. The zero-order chi connectivity index (χ0) is 14.7. The first-order valence-electron chi connectivity index (χ1n) is 8.27. The summed E-state index contributed by atoms with van der Waals surface area (Å²) in [6, 6.07) is 8.50. The maximum Gasteiger partial charge on any atom is 0.122 e. The van der Waals surface area contributed by atoms with Gasteiger partial charge in [-0.1, -0.05) is 25.1 Å². The first kappa shape index (κ1) is 14.9. The normalized spacial score (nSPS) is 25.1. The minimum atomic E-state index is 0.469. The van der Waals surface area contributed by atoms with Crippen molar-refractivity contribution in [3.8, 4) is 5.75 Å². The highest BCUT2D eigenvalue weighted by Gasteiger charge is 2.29. The number of likely N-dealkylation sites (tertiary alicyclic amines) is 1. The van der Waals surface area contributed by atoms with Crippen LogP contribution in [0.5, 0.6) is 5.75 Å². The molecule has 1 atom stereocenters. The molecule has 0 aliphatic carbocycles. The van der Waals surface area contributed by atoms with Crippen LogP contribution in [0, 0.1) is 5.41 Å². The number of benzene rings is 1. The molecule has 3 heteroatoms. The number of nitrogens with zero attached hydrogens (tertiary/aromatic N) is 1. The minimum absolute atomic E-state index is 0.469. The Kier molecular flexibility index (Phi) is 4.51. The van der Waals surface area contributed by atoms with Crippen LogP contribution in [0.1, 0.15) is 37.7 Å². The number of para-hydroxylation sites is 1. The zero-order valence-electron chi connectivity index (χ0n) is 13.4. The van der Waals surface area contributed by atoms with Gasteiger partial charge in [-0.15, -0.1) is 0 Å². The van der Waals surface area contributed by atoms with Crippen molar-refractivity contribution in [3.63, 3.8) is 0 Å². The molecule has 116 valence electrons. The van der Waals surface area contributed by atoms with E-state index in [2.05, 4.69) is 48.5 Å². The van der Waals surface area contributed by atoms with E-state index in [0.717, 1.165) is 31.9 Å². The summed E-state index contributed by atoms with van der Waals surface area (Å²) in [4.78, 5) is 2.44. The number of nitrogens with one attached hydrogen (secondary N) is 1. The number of hydrogen-bond donors (Lipinski definition) is 1. The first-order valence-corrected chi connectivity index (χ1v) is 8.27. The van der Waals surface area contributed by atoms with Gasteiger partial charge < -0.3 is 15.0 Å². The van der Waals surface area contributed by atoms with Crippen molar-refractivity contribution in [1.82, 2.24) is 10.2 Å². The Morgan fingerprint density at radius 1 is 1.29 bits per heavy atom. The minimum Gasteiger partial charge on any atom is -0.493 e. The molecule has 3 nitrogen and oxygen atoms in total. The van der Waals surface area contributed by atoms with Crippen molar-refractivity contribution < 1.29 is 4.74 Å². The summed E-state index contributed by atoms with van der Waals surface area (Å²) in [5, 5.41) is 3.75. The first-order chi connectivity index (χ1) is 10.2. The Morgan fingerprint density at radius 3 is 2.86 bits per heavy atom. The fourth-order valence-electron chi connectivity index (χ4n) is 3.51. The van der Waals surface area contributed by atoms with E-state index in [0.29, 0.717) is 11.3 Å². The van der Waals surface area contributed by atoms with Crippen LogP contribution in [0.2, 0.25) is 0 Å².